The molecule has 1 fully saturated rings. The van der Waals surface area contributed by atoms with E-state index < -0.39 is 0 Å². The Morgan fingerprint density at radius 1 is 1.17 bits per heavy atom. The number of aromatic nitrogens is 2. The van der Waals surface area contributed by atoms with Crippen molar-refractivity contribution < 1.29 is 4.79 Å². The van der Waals surface area contributed by atoms with Crippen molar-refractivity contribution in [2.24, 2.45) is 0 Å². The Bertz CT molecular complexity index is 838. The molecular formula is C17H16N4OS2. The molecule has 7 heteroatoms. The Labute approximate surface area is 148 Å². The van der Waals surface area contributed by atoms with Crippen molar-refractivity contribution in [3.05, 3.63) is 46.8 Å². The topological polar surface area (TPSA) is 58.1 Å². The Hall–Kier alpha value is -2.25. The third-order valence-electron chi connectivity index (χ3n) is 3.94. The molecule has 0 aliphatic carbocycles. The Morgan fingerprint density at radius 2 is 2.04 bits per heavy atom. The van der Waals surface area contributed by atoms with E-state index in [1.807, 2.05) is 29.0 Å². The molecule has 0 aromatic carbocycles. The normalized spacial score (nSPS) is 14.1. The molecule has 1 aliphatic rings. The number of amides is 1. The van der Waals surface area contributed by atoms with E-state index >= 15 is 0 Å². The molecule has 1 amide bonds. The highest BCUT2D eigenvalue weighted by atomic mass is 32.1. The third kappa shape index (κ3) is 3.05. The van der Waals surface area contributed by atoms with Crippen LogP contribution in [0.5, 0.6) is 0 Å². The summed E-state index contributed by atoms with van der Waals surface area (Å²) >= 11 is 3.08. The quantitative estimate of drug-likeness (QED) is 0.764. The van der Waals surface area contributed by atoms with Gasteiger partial charge in [0.05, 0.1) is 16.1 Å². The van der Waals surface area contributed by atoms with Crippen LogP contribution in [-0.2, 0) is 0 Å². The van der Waals surface area contributed by atoms with Gasteiger partial charge < -0.3 is 4.90 Å². The largest absolute Gasteiger partial charge is 0.356 e. The van der Waals surface area contributed by atoms with Crippen LogP contribution in [0.4, 0.5) is 10.9 Å². The Kier molecular flexibility index (Phi) is 4.27. The molecule has 0 radical (unpaired) electrons. The van der Waals surface area contributed by atoms with E-state index in [9.17, 15) is 4.79 Å². The van der Waals surface area contributed by atoms with Crippen LogP contribution in [0.2, 0.25) is 0 Å². The molecule has 24 heavy (non-hydrogen) atoms. The number of hydrogen-bond donors (Lipinski definition) is 1. The van der Waals surface area contributed by atoms with Crippen molar-refractivity contribution >= 4 is 39.5 Å². The Morgan fingerprint density at radius 3 is 2.83 bits per heavy atom. The predicted octanol–water partition coefficient (Wildman–Crippen LogP) is 4.12. The molecule has 0 saturated carbocycles. The molecule has 1 saturated heterocycles. The summed E-state index contributed by atoms with van der Waals surface area (Å²) in [5, 5.41) is 7.50. The number of hydrogen-bond acceptors (Lipinski definition) is 6. The SMILES string of the molecule is O=C(Nc1nc(-c2cccs2)cs1)c1cccnc1N1CCCC1. The van der Waals surface area contributed by atoms with Gasteiger partial charge in [-0.05, 0) is 36.4 Å². The second-order valence-corrected chi connectivity index (χ2v) is 7.34. The summed E-state index contributed by atoms with van der Waals surface area (Å²) in [6.07, 6.45) is 4.03. The second kappa shape index (κ2) is 6.70. The molecule has 1 aliphatic heterocycles. The van der Waals surface area contributed by atoms with Crippen LogP contribution in [0.3, 0.4) is 0 Å². The van der Waals surface area contributed by atoms with Gasteiger partial charge in [-0.3, -0.25) is 10.1 Å². The molecule has 0 bridgehead atoms. The summed E-state index contributed by atoms with van der Waals surface area (Å²) < 4.78 is 0. The zero-order valence-electron chi connectivity index (χ0n) is 12.9. The summed E-state index contributed by atoms with van der Waals surface area (Å²) in [5.41, 5.74) is 1.50. The van der Waals surface area contributed by atoms with E-state index in [4.69, 9.17) is 0 Å². The monoisotopic (exact) mass is 356 g/mol. The maximum absolute atomic E-state index is 12.7. The van der Waals surface area contributed by atoms with Crippen molar-refractivity contribution in [3.8, 4) is 10.6 Å². The van der Waals surface area contributed by atoms with Gasteiger partial charge in [0.15, 0.2) is 5.13 Å². The fourth-order valence-electron chi connectivity index (χ4n) is 2.79. The summed E-state index contributed by atoms with van der Waals surface area (Å²) in [6.45, 7) is 1.91. The molecule has 0 atom stereocenters. The van der Waals surface area contributed by atoms with Gasteiger partial charge in [-0.2, -0.15) is 0 Å². The van der Waals surface area contributed by atoms with Crippen molar-refractivity contribution in [2.75, 3.05) is 23.3 Å². The van der Waals surface area contributed by atoms with E-state index in [0.717, 1.165) is 42.3 Å². The van der Waals surface area contributed by atoms with E-state index in [0.29, 0.717) is 10.7 Å². The highest BCUT2D eigenvalue weighted by Gasteiger charge is 2.21. The van der Waals surface area contributed by atoms with Gasteiger partial charge >= 0.3 is 0 Å². The lowest BCUT2D eigenvalue weighted by Gasteiger charge is -2.19. The molecule has 5 nitrogen and oxygen atoms in total. The molecule has 122 valence electrons. The van der Waals surface area contributed by atoms with Gasteiger partial charge in [-0.25, -0.2) is 9.97 Å². The number of nitrogens with zero attached hydrogens (tertiary/aromatic N) is 3. The average Bonchev–Trinajstić information content (AvgIpc) is 3.36. The van der Waals surface area contributed by atoms with Crippen molar-refractivity contribution in [3.63, 3.8) is 0 Å². The van der Waals surface area contributed by atoms with Gasteiger partial charge in [0.1, 0.15) is 5.82 Å². The summed E-state index contributed by atoms with van der Waals surface area (Å²) in [6, 6.07) is 7.64. The van der Waals surface area contributed by atoms with Crippen molar-refractivity contribution in [1.29, 1.82) is 0 Å². The van der Waals surface area contributed by atoms with E-state index in [2.05, 4.69) is 20.2 Å². The fourth-order valence-corrected chi connectivity index (χ4v) is 4.25. The number of carbonyl (C=O) groups is 1. The number of anilines is 2. The number of carbonyl (C=O) groups excluding carboxylic acids is 1. The fraction of sp³-hybridized carbons (Fsp3) is 0.235. The predicted molar refractivity (Wildman–Crippen MR) is 99.1 cm³/mol. The molecule has 1 N–H and O–H groups in total. The minimum atomic E-state index is -0.155. The van der Waals surface area contributed by atoms with Gasteiger partial charge in [-0.15, -0.1) is 22.7 Å². The highest BCUT2D eigenvalue weighted by molar-refractivity contribution is 7.16. The van der Waals surface area contributed by atoms with Crippen LogP contribution in [0, 0.1) is 0 Å². The first-order chi connectivity index (χ1) is 11.8. The van der Waals surface area contributed by atoms with E-state index in [1.54, 1.807) is 23.6 Å². The lowest BCUT2D eigenvalue weighted by molar-refractivity contribution is 0.102. The average molecular weight is 356 g/mol. The lowest BCUT2D eigenvalue weighted by Crippen LogP contribution is -2.24. The number of thiophene rings is 1. The van der Waals surface area contributed by atoms with Crippen molar-refractivity contribution in [1.82, 2.24) is 9.97 Å². The first-order valence-corrected chi connectivity index (χ1v) is 9.58. The molecule has 4 rings (SSSR count). The van der Waals surface area contributed by atoms with Gasteiger partial charge in [-0.1, -0.05) is 6.07 Å². The van der Waals surface area contributed by atoms with Crippen LogP contribution >= 0.6 is 22.7 Å². The van der Waals surface area contributed by atoms with E-state index in [1.165, 1.54) is 11.3 Å². The standard InChI is InChI=1S/C17H16N4OS2/c22-16(12-5-3-7-18-15(12)21-8-1-2-9-21)20-17-19-13(11-24-17)14-6-4-10-23-14/h3-7,10-11H,1-2,8-9H2,(H,19,20,22). The van der Waals surface area contributed by atoms with Crippen LogP contribution in [0.25, 0.3) is 10.6 Å². The van der Waals surface area contributed by atoms with Crippen LogP contribution in [0.1, 0.15) is 23.2 Å². The zero-order valence-corrected chi connectivity index (χ0v) is 14.6. The smallest absolute Gasteiger partial charge is 0.261 e. The summed E-state index contributed by atoms with van der Waals surface area (Å²) in [7, 11) is 0. The maximum Gasteiger partial charge on any atom is 0.261 e. The van der Waals surface area contributed by atoms with E-state index in [-0.39, 0.29) is 5.91 Å². The minimum absolute atomic E-state index is 0.155. The van der Waals surface area contributed by atoms with Crippen molar-refractivity contribution in [2.45, 2.75) is 12.8 Å². The summed E-state index contributed by atoms with van der Waals surface area (Å²) in [4.78, 5) is 24.9. The Balaban J connectivity index is 1.54. The number of thiazole rings is 1. The van der Waals surface area contributed by atoms with Crippen LogP contribution < -0.4 is 10.2 Å². The highest BCUT2D eigenvalue weighted by Crippen LogP contribution is 2.29. The number of rotatable bonds is 4. The van der Waals surface area contributed by atoms with Crippen LogP contribution in [0.15, 0.2) is 41.2 Å². The molecule has 3 aromatic heterocycles. The number of pyridine rings is 1. The van der Waals surface area contributed by atoms with Gasteiger partial charge in [0, 0.05) is 24.7 Å². The molecular weight excluding hydrogens is 340 g/mol. The molecule has 4 heterocycles. The lowest BCUT2D eigenvalue weighted by atomic mass is 10.2. The van der Waals surface area contributed by atoms with Gasteiger partial charge in [0.25, 0.3) is 5.91 Å². The van der Waals surface area contributed by atoms with Crippen LogP contribution in [-0.4, -0.2) is 29.0 Å². The maximum atomic E-state index is 12.7. The minimum Gasteiger partial charge on any atom is -0.356 e. The molecule has 3 aromatic rings. The third-order valence-corrected chi connectivity index (χ3v) is 5.59. The number of nitrogens with one attached hydrogen (secondary N) is 1. The zero-order chi connectivity index (χ0) is 16.4. The van der Waals surface area contributed by atoms with Gasteiger partial charge in [0.2, 0.25) is 0 Å². The molecule has 0 unspecified atom stereocenters. The molecule has 0 spiro atoms. The second-order valence-electron chi connectivity index (χ2n) is 5.54. The summed E-state index contributed by atoms with van der Waals surface area (Å²) in [5.74, 6) is 0.611. The first-order valence-electron chi connectivity index (χ1n) is 7.82. The first kappa shape index (κ1) is 15.3.